The molecule has 0 aliphatic carbocycles. The zero-order chi connectivity index (χ0) is 17.5. The maximum absolute atomic E-state index is 11.9. The Morgan fingerprint density at radius 2 is 2.04 bits per heavy atom. The minimum absolute atomic E-state index is 0.221. The summed E-state index contributed by atoms with van der Waals surface area (Å²) in [6.45, 7) is 8.09. The molecule has 2 N–H and O–H groups in total. The maximum Gasteiger partial charge on any atom is 0.326 e. The van der Waals surface area contributed by atoms with Crippen LogP contribution in [0.3, 0.4) is 0 Å². The van der Waals surface area contributed by atoms with E-state index in [1.165, 1.54) is 9.75 Å². The molecule has 0 spiro atoms. The van der Waals surface area contributed by atoms with Gasteiger partial charge in [-0.05, 0) is 52.7 Å². The van der Waals surface area contributed by atoms with E-state index in [0.29, 0.717) is 13.0 Å². The lowest BCUT2D eigenvalue weighted by atomic mass is 10.1. The summed E-state index contributed by atoms with van der Waals surface area (Å²) < 4.78 is 5.52. The molecule has 1 atom stereocenters. The van der Waals surface area contributed by atoms with Crippen LogP contribution in [0.25, 0.3) is 0 Å². The number of amides is 1. The van der Waals surface area contributed by atoms with Gasteiger partial charge in [0.25, 0.3) is 0 Å². The summed E-state index contributed by atoms with van der Waals surface area (Å²) in [6.07, 6.45) is 2.16. The number of rotatable bonds is 9. The second-order valence-corrected chi connectivity index (χ2v) is 7.95. The number of carboxylic acids is 1. The van der Waals surface area contributed by atoms with Crippen molar-refractivity contribution in [2.45, 2.75) is 65.0 Å². The van der Waals surface area contributed by atoms with E-state index in [4.69, 9.17) is 4.74 Å². The van der Waals surface area contributed by atoms with Crippen molar-refractivity contribution in [3.05, 3.63) is 21.9 Å². The highest BCUT2D eigenvalue weighted by Gasteiger charge is 2.21. The van der Waals surface area contributed by atoms with Gasteiger partial charge in [0.1, 0.15) is 6.04 Å². The van der Waals surface area contributed by atoms with Gasteiger partial charge in [-0.25, -0.2) is 4.79 Å². The zero-order valence-electron chi connectivity index (χ0n) is 14.3. The lowest BCUT2D eigenvalue weighted by molar-refractivity contribution is -0.142. The number of ether oxygens (including phenoxy) is 1. The zero-order valence-corrected chi connectivity index (χ0v) is 15.2. The normalized spacial score (nSPS) is 12.9. The summed E-state index contributed by atoms with van der Waals surface area (Å²) in [6, 6.07) is 3.24. The number of aliphatic carboxylic acids is 1. The fourth-order valence-electron chi connectivity index (χ4n) is 2.05. The summed E-state index contributed by atoms with van der Waals surface area (Å²) in [5.41, 5.74) is -0.314. The van der Waals surface area contributed by atoms with Crippen molar-refractivity contribution in [1.29, 1.82) is 0 Å². The largest absolute Gasteiger partial charge is 0.480 e. The molecule has 1 rings (SSSR count). The first kappa shape index (κ1) is 19.6. The topological polar surface area (TPSA) is 75.6 Å². The van der Waals surface area contributed by atoms with Gasteiger partial charge in [0.05, 0.1) is 5.60 Å². The Kier molecular flexibility index (Phi) is 7.72. The molecule has 1 aromatic rings. The average Bonchev–Trinajstić information content (AvgIpc) is 2.81. The molecule has 0 fully saturated rings. The standard InChI is InChI=1S/C17H27NO4S/c1-12-8-9-13(23-12)6-5-7-15(19)18-14(16(20)21)10-11-22-17(2,3)4/h8-9,14H,5-7,10-11H2,1-4H3,(H,18,19)(H,20,21). The first-order valence-corrected chi connectivity index (χ1v) is 8.70. The van der Waals surface area contributed by atoms with Crippen molar-refractivity contribution in [3.8, 4) is 0 Å². The van der Waals surface area contributed by atoms with Gasteiger partial charge in [-0.2, -0.15) is 0 Å². The third-order valence-corrected chi connectivity index (χ3v) is 4.26. The highest BCUT2D eigenvalue weighted by atomic mass is 32.1. The first-order valence-electron chi connectivity index (χ1n) is 7.89. The van der Waals surface area contributed by atoms with E-state index in [1.807, 2.05) is 20.8 Å². The Morgan fingerprint density at radius 3 is 2.57 bits per heavy atom. The fourth-order valence-corrected chi connectivity index (χ4v) is 2.98. The van der Waals surface area contributed by atoms with Crippen LogP contribution in [0, 0.1) is 6.92 Å². The molecule has 130 valence electrons. The number of carbonyl (C=O) groups excluding carboxylic acids is 1. The molecule has 1 aromatic heterocycles. The van der Waals surface area contributed by atoms with Crippen molar-refractivity contribution < 1.29 is 19.4 Å². The van der Waals surface area contributed by atoms with E-state index in [0.717, 1.165) is 12.8 Å². The van der Waals surface area contributed by atoms with Gasteiger partial charge in [0, 0.05) is 29.2 Å². The van der Waals surface area contributed by atoms with E-state index in [-0.39, 0.29) is 17.9 Å². The Morgan fingerprint density at radius 1 is 1.35 bits per heavy atom. The predicted molar refractivity (Wildman–Crippen MR) is 91.9 cm³/mol. The third kappa shape index (κ3) is 8.71. The summed E-state index contributed by atoms with van der Waals surface area (Å²) in [4.78, 5) is 25.6. The van der Waals surface area contributed by atoms with Crippen molar-refractivity contribution in [3.63, 3.8) is 0 Å². The Bertz CT molecular complexity index is 519. The number of carboxylic acid groups (broad SMARTS) is 1. The van der Waals surface area contributed by atoms with Crippen molar-refractivity contribution >= 4 is 23.2 Å². The Balaban J connectivity index is 2.31. The van der Waals surface area contributed by atoms with E-state index in [2.05, 4.69) is 24.4 Å². The van der Waals surface area contributed by atoms with Gasteiger partial charge in [-0.3, -0.25) is 4.79 Å². The quantitative estimate of drug-likeness (QED) is 0.723. The van der Waals surface area contributed by atoms with Crippen molar-refractivity contribution in [2.75, 3.05) is 6.61 Å². The van der Waals surface area contributed by atoms with Crippen LogP contribution in [0.2, 0.25) is 0 Å². The van der Waals surface area contributed by atoms with Crippen LogP contribution in [0.1, 0.15) is 49.8 Å². The van der Waals surface area contributed by atoms with Crippen LogP contribution in [0.5, 0.6) is 0 Å². The summed E-state index contributed by atoms with van der Waals surface area (Å²) >= 11 is 1.73. The second-order valence-electron chi connectivity index (χ2n) is 6.57. The van der Waals surface area contributed by atoms with Gasteiger partial charge >= 0.3 is 5.97 Å². The molecule has 6 heteroatoms. The van der Waals surface area contributed by atoms with Gasteiger partial charge < -0.3 is 15.2 Å². The smallest absolute Gasteiger partial charge is 0.326 e. The molecule has 0 aromatic carbocycles. The molecular weight excluding hydrogens is 314 g/mol. The van der Waals surface area contributed by atoms with Gasteiger partial charge in [0.15, 0.2) is 0 Å². The predicted octanol–water partition coefficient (Wildman–Crippen LogP) is 3.15. The highest BCUT2D eigenvalue weighted by Crippen LogP contribution is 2.17. The van der Waals surface area contributed by atoms with Gasteiger partial charge in [0.2, 0.25) is 5.91 Å². The number of hydrogen-bond donors (Lipinski definition) is 2. The Hall–Kier alpha value is -1.40. The molecule has 1 unspecified atom stereocenters. The maximum atomic E-state index is 11.9. The molecule has 0 radical (unpaired) electrons. The van der Waals surface area contributed by atoms with Crippen LogP contribution >= 0.6 is 11.3 Å². The molecule has 23 heavy (non-hydrogen) atoms. The molecule has 1 heterocycles. The fraction of sp³-hybridized carbons (Fsp3) is 0.647. The molecule has 0 saturated carbocycles. The summed E-state index contributed by atoms with van der Waals surface area (Å²) in [7, 11) is 0. The molecule has 1 amide bonds. The van der Waals surface area contributed by atoms with Crippen LogP contribution in [0.4, 0.5) is 0 Å². The van der Waals surface area contributed by atoms with Crippen LogP contribution < -0.4 is 5.32 Å². The SMILES string of the molecule is Cc1ccc(CCCC(=O)NC(CCOC(C)(C)C)C(=O)O)s1. The van der Waals surface area contributed by atoms with E-state index in [1.54, 1.807) is 11.3 Å². The number of hydrogen-bond acceptors (Lipinski definition) is 4. The van der Waals surface area contributed by atoms with Crippen LogP contribution in [0.15, 0.2) is 12.1 Å². The number of thiophene rings is 1. The molecule has 0 bridgehead atoms. The van der Waals surface area contributed by atoms with E-state index < -0.39 is 12.0 Å². The average molecular weight is 341 g/mol. The molecular formula is C17H27NO4S. The van der Waals surface area contributed by atoms with E-state index >= 15 is 0 Å². The number of carbonyl (C=O) groups is 2. The molecule has 0 aliphatic heterocycles. The third-order valence-electron chi connectivity index (χ3n) is 3.20. The summed E-state index contributed by atoms with van der Waals surface area (Å²) in [5, 5.41) is 11.8. The van der Waals surface area contributed by atoms with Gasteiger partial charge in [-0.1, -0.05) is 0 Å². The molecule has 0 saturated heterocycles. The molecule has 0 aliphatic rings. The minimum atomic E-state index is -1.02. The lowest BCUT2D eigenvalue weighted by Crippen LogP contribution is -2.42. The first-order chi connectivity index (χ1) is 10.7. The van der Waals surface area contributed by atoms with E-state index in [9.17, 15) is 14.7 Å². The van der Waals surface area contributed by atoms with Crippen LogP contribution in [-0.4, -0.2) is 35.2 Å². The monoisotopic (exact) mass is 341 g/mol. The van der Waals surface area contributed by atoms with Crippen LogP contribution in [-0.2, 0) is 20.7 Å². The number of nitrogens with one attached hydrogen (secondary N) is 1. The molecule has 5 nitrogen and oxygen atoms in total. The lowest BCUT2D eigenvalue weighted by Gasteiger charge is -2.21. The second kappa shape index (κ2) is 9.03. The van der Waals surface area contributed by atoms with Crippen molar-refractivity contribution in [2.24, 2.45) is 0 Å². The summed E-state index contributed by atoms with van der Waals surface area (Å²) in [5.74, 6) is -1.24. The van der Waals surface area contributed by atoms with Gasteiger partial charge in [-0.15, -0.1) is 11.3 Å². The minimum Gasteiger partial charge on any atom is -0.480 e. The van der Waals surface area contributed by atoms with Crippen molar-refractivity contribution in [1.82, 2.24) is 5.32 Å². The Labute approximate surface area is 142 Å². The highest BCUT2D eigenvalue weighted by molar-refractivity contribution is 7.11. The number of aryl methyl sites for hydroxylation is 2.